The Morgan fingerprint density at radius 3 is 2.64 bits per heavy atom. The Balaban J connectivity index is 2.44. The molecule has 0 bridgehead atoms. The van der Waals surface area contributed by atoms with Crippen LogP contribution in [0.2, 0.25) is 0 Å². The lowest BCUT2D eigenvalue weighted by Crippen LogP contribution is -2.43. The Labute approximate surface area is 87.7 Å². The fourth-order valence-electron chi connectivity index (χ4n) is 1.96. The molecule has 1 aliphatic heterocycles. The molecule has 0 aromatic carbocycles. The van der Waals surface area contributed by atoms with E-state index in [2.05, 4.69) is 25.7 Å². The second-order valence-corrected chi connectivity index (χ2v) is 5.37. The zero-order valence-electron chi connectivity index (χ0n) is 9.97. The Hall–Kier alpha value is -0.370. The van der Waals surface area contributed by atoms with Gasteiger partial charge in [-0.3, -0.25) is 4.79 Å². The van der Waals surface area contributed by atoms with Gasteiger partial charge in [-0.1, -0.05) is 27.7 Å². The molecular weight excluding hydrogens is 174 g/mol. The zero-order chi connectivity index (χ0) is 10.8. The summed E-state index contributed by atoms with van der Waals surface area (Å²) in [5.41, 5.74) is 0.389. The molecule has 1 unspecified atom stereocenters. The second kappa shape index (κ2) is 4.43. The van der Waals surface area contributed by atoms with Crippen molar-refractivity contribution in [3.8, 4) is 0 Å². The summed E-state index contributed by atoms with van der Waals surface area (Å²) in [4.78, 5) is 13.8. The van der Waals surface area contributed by atoms with E-state index in [4.69, 9.17) is 0 Å². The van der Waals surface area contributed by atoms with Gasteiger partial charge in [0.05, 0.1) is 0 Å². The van der Waals surface area contributed by atoms with E-state index < -0.39 is 0 Å². The van der Waals surface area contributed by atoms with Crippen molar-refractivity contribution in [2.24, 2.45) is 11.3 Å². The molecule has 0 aliphatic carbocycles. The van der Waals surface area contributed by atoms with Crippen molar-refractivity contribution in [2.75, 3.05) is 19.6 Å². The number of rotatable bonds is 3. The third-order valence-corrected chi connectivity index (χ3v) is 3.36. The van der Waals surface area contributed by atoms with Crippen LogP contribution in [0.1, 0.15) is 40.5 Å². The van der Waals surface area contributed by atoms with Crippen LogP contribution in [0, 0.1) is 11.3 Å². The predicted octanol–water partition coefficient (Wildman–Crippen LogP) is 2.33. The fourth-order valence-corrected chi connectivity index (χ4v) is 1.96. The van der Waals surface area contributed by atoms with Crippen LogP contribution in [0.25, 0.3) is 0 Å². The average Bonchev–Trinajstić information content (AvgIpc) is 2.11. The summed E-state index contributed by atoms with van der Waals surface area (Å²) >= 11 is 0. The monoisotopic (exact) mass is 197 g/mol. The number of likely N-dealkylation sites (tertiary alicyclic amines) is 1. The lowest BCUT2D eigenvalue weighted by molar-refractivity contribution is -0.126. The van der Waals surface area contributed by atoms with Gasteiger partial charge < -0.3 is 4.90 Å². The highest BCUT2D eigenvalue weighted by molar-refractivity contribution is 5.81. The molecule has 2 heteroatoms. The molecule has 0 amide bonds. The van der Waals surface area contributed by atoms with Crippen molar-refractivity contribution < 1.29 is 4.79 Å². The maximum atomic E-state index is 11.3. The van der Waals surface area contributed by atoms with E-state index in [1.807, 2.05) is 6.92 Å². The van der Waals surface area contributed by atoms with E-state index in [1.54, 1.807) is 0 Å². The van der Waals surface area contributed by atoms with E-state index in [-0.39, 0.29) is 5.92 Å². The molecule has 1 saturated heterocycles. The minimum absolute atomic E-state index is 0.247. The Morgan fingerprint density at radius 2 is 2.14 bits per heavy atom. The molecule has 0 saturated carbocycles. The van der Waals surface area contributed by atoms with E-state index >= 15 is 0 Å². The standard InChI is InChI=1S/C12H23NO/c1-5-12(3,4)9-13-7-6-11(14)10(2)8-13/h10H,5-9H2,1-4H3. The molecule has 1 fully saturated rings. The van der Waals surface area contributed by atoms with Gasteiger partial charge in [0.25, 0.3) is 0 Å². The third kappa shape index (κ3) is 3.09. The first-order valence-electron chi connectivity index (χ1n) is 5.69. The van der Waals surface area contributed by atoms with Gasteiger partial charge in [0.1, 0.15) is 5.78 Å². The normalized spacial score (nSPS) is 25.4. The van der Waals surface area contributed by atoms with Gasteiger partial charge in [0.2, 0.25) is 0 Å². The highest BCUT2D eigenvalue weighted by Crippen LogP contribution is 2.23. The molecule has 1 heterocycles. The molecule has 82 valence electrons. The number of nitrogens with zero attached hydrogens (tertiary/aromatic N) is 1. The number of hydrogen-bond donors (Lipinski definition) is 0. The van der Waals surface area contributed by atoms with Crippen LogP contribution in [-0.4, -0.2) is 30.3 Å². The first kappa shape index (κ1) is 11.7. The largest absolute Gasteiger partial charge is 0.302 e. The van der Waals surface area contributed by atoms with Crippen molar-refractivity contribution in [3.05, 3.63) is 0 Å². The molecule has 1 aliphatic rings. The summed E-state index contributed by atoms with van der Waals surface area (Å²) in [7, 11) is 0. The van der Waals surface area contributed by atoms with Crippen molar-refractivity contribution >= 4 is 5.78 Å². The van der Waals surface area contributed by atoms with Crippen molar-refractivity contribution in [1.82, 2.24) is 4.90 Å². The van der Waals surface area contributed by atoms with Crippen molar-refractivity contribution in [1.29, 1.82) is 0 Å². The van der Waals surface area contributed by atoms with Crippen LogP contribution in [0.3, 0.4) is 0 Å². The number of hydrogen-bond acceptors (Lipinski definition) is 2. The number of ketones is 1. The van der Waals surface area contributed by atoms with Crippen LogP contribution < -0.4 is 0 Å². The van der Waals surface area contributed by atoms with Gasteiger partial charge in [-0.25, -0.2) is 0 Å². The fraction of sp³-hybridized carbons (Fsp3) is 0.917. The molecule has 0 N–H and O–H groups in total. The lowest BCUT2D eigenvalue weighted by Gasteiger charge is -2.36. The summed E-state index contributed by atoms with van der Waals surface area (Å²) in [6, 6.07) is 0. The van der Waals surface area contributed by atoms with E-state index in [1.165, 1.54) is 6.42 Å². The highest BCUT2D eigenvalue weighted by Gasteiger charge is 2.27. The third-order valence-electron chi connectivity index (χ3n) is 3.36. The smallest absolute Gasteiger partial charge is 0.138 e. The number of carbonyl (C=O) groups excluding carboxylic acids is 1. The van der Waals surface area contributed by atoms with Gasteiger partial charge in [-0.2, -0.15) is 0 Å². The molecule has 14 heavy (non-hydrogen) atoms. The van der Waals surface area contributed by atoms with Gasteiger partial charge in [0, 0.05) is 32.0 Å². The quantitative estimate of drug-likeness (QED) is 0.692. The van der Waals surface area contributed by atoms with Crippen LogP contribution in [0.15, 0.2) is 0 Å². The molecule has 0 spiro atoms. The van der Waals surface area contributed by atoms with Gasteiger partial charge in [0.15, 0.2) is 0 Å². The Kier molecular flexibility index (Phi) is 3.71. The molecule has 1 rings (SSSR count). The SMILES string of the molecule is CCC(C)(C)CN1CCC(=O)C(C)C1. The van der Waals surface area contributed by atoms with E-state index in [0.717, 1.165) is 26.1 Å². The van der Waals surface area contributed by atoms with Crippen LogP contribution in [0.5, 0.6) is 0 Å². The van der Waals surface area contributed by atoms with Gasteiger partial charge in [-0.05, 0) is 11.8 Å². The zero-order valence-corrected chi connectivity index (χ0v) is 9.97. The summed E-state index contributed by atoms with van der Waals surface area (Å²) in [5, 5.41) is 0. The maximum absolute atomic E-state index is 11.3. The van der Waals surface area contributed by atoms with E-state index in [9.17, 15) is 4.79 Å². The Bertz CT molecular complexity index is 210. The molecule has 0 radical (unpaired) electrons. The minimum atomic E-state index is 0.247. The van der Waals surface area contributed by atoms with Gasteiger partial charge in [-0.15, -0.1) is 0 Å². The van der Waals surface area contributed by atoms with Crippen LogP contribution >= 0.6 is 0 Å². The summed E-state index contributed by atoms with van der Waals surface area (Å²) in [6.45, 7) is 11.9. The summed E-state index contributed by atoms with van der Waals surface area (Å²) in [5.74, 6) is 0.687. The first-order chi connectivity index (χ1) is 6.44. The Morgan fingerprint density at radius 1 is 1.50 bits per heavy atom. The molecule has 0 aromatic rings. The molecular formula is C12H23NO. The van der Waals surface area contributed by atoms with Gasteiger partial charge >= 0.3 is 0 Å². The average molecular weight is 197 g/mol. The summed E-state index contributed by atoms with van der Waals surface area (Å²) in [6.07, 6.45) is 1.95. The molecule has 2 nitrogen and oxygen atoms in total. The van der Waals surface area contributed by atoms with Crippen molar-refractivity contribution in [3.63, 3.8) is 0 Å². The predicted molar refractivity (Wildman–Crippen MR) is 59.3 cm³/mol. The number of carbonyl (C=O) groups is 1. The minimum Gasteiger partial charge on any atom is -0.302 e. The lowest BCUT2D eigenvalue weighted by atomic mass is 9.88. The molecule has 1 atom stereocenters. The second-order valence-electron chi connectivity index (χ2n) is 5.37. The number of piperidine rings is 1. The number of Topliss-reactive ketones (excluding diaryl/α,β-unsaturated/α-hetero) is 1. The van der Waals surface area contributed by atoms with Crippen LogP contribution in [0.4, 0.5) is 0 Å². The van der Waals surface area contributed by atoms with Crippen LogP contribution in [-0.2, 0) is 4.79 Å². The molecule has 0 aromatic heterocycles. The van der Waals surface area contributed by atoms with E-state index in [0.29, 0.717) is 11.2 Å². The van der Waals surface area contributed by atoms with Crippen molar-refractivity contribution in [2.45, 2.75) is 40.5 Å². The topological polar surface area (TPSA) is 20.3 Å². The summed E-state index contributed by atoms with van der Waals surface area (Å²) < 4.78 is 0. The maximum Gasteiger partial charge on any atom is 0.138 e. The first-order valence-corrected chi connectivity index (χ1v) is 5.69. The highest BCUT2D eigenvalue weighted by atomic mass is 16.1.